The average molecular weight is 328 g/mol. The summed E-state index contributed by atoms with van der Waals surface area (Å²) < 4.78 is 1.49. The van der Waals surface area contributed by atoms with Gasteiger partial charge in [0, 0.05) is 44.0 Å². The molecule has 1 fully saturated rings. The summed E-state index contributed by atoms with van der Waals surface area (Å²) in [4.78, 5) is 39.6. The molecule has 3 rings (SSSR count). The number of fused-ring (bicyclic) bond motifs is 1. The highest BCUT2D eigenvalue weighted by atomic mass is 16.2. The van der Waals surface area contributed by atoms with Crippen molar-refractivity contribution in [1.82, 2.24) is 14.4 Å². The van der Waals surface area contributed by atoms with Crippen molar-refractivity contribution in [1.29, 1.82) is 0 Å². The zero-order valence-electron chi connectivity index (χ0n) is 13.9. The summed E-state index contributed by atoms with van der Waals surface area (Å²) in [6.07, 6.45) is 1.71. The second kappa shape index (κ2) is 5.99. The fraction of sp³-hybridized carbons (Fsp3) is 0.353. The first-order chi connectivity index (χ1) is 11.4. The molecule has 3 amide bonds. The van der Waals surface area contributed by atoms with Crippen LogP contribution in [0.2, 0.25) is 0 Å². The van der Waals surface area contributed by atoms with Gasteiger partial charge in [0.15, 0.2) is 0 Å². The summed E-state index contributed by atoms with van der Waals surface area (Å²) in [6, 6.07) is 6.70. The van der Waals surface area contributed by atoms with E-state index in [4.69, 9.17) is 0 Å². The smallest absolute Gasteiger partial charge is 0.322 e. The van der Waals surface area contributed by atoms with Crippen LogP contribution in [-0.4, -0.2) is 52.5 Å². The molecule has 1 aliphatic heterocycles. The number of aryl methyl sites for hydroxylation is 1. The minimum Gasteiger partial charge on any atom is -0.340 e. The van der Waals surface area contributed by atoms with Gasteiger partial charge in [0.2, 0.25) is 5.91 Å². The highest BCUT2D eigenvalue weighted by Crippen LogP contribution is 2.17. The van der Waals surface area contributed by atoms with Crippen LogP contribution >= 0.6 is 0 Å². The second-order valence-corrected chi connectivity index (χ2v) is 6.20. The van der Waals surface area contributed by atoms with Gasteiger partial charge in [-0.2, -0.15) is 0 Å². The number of aromatic nitrogens is 1. The summed E-state index contributed by atoms with van der Waals surface area (Å²) in [5.74, 6) is -0.0868. The zero-order chi connectivity index (χ0) is 17.4. The Labute approximate surface area is 139 Å². The first kappa shape index (κ1) is 16.0. The first-order valence-corrected chi connectivity index (χ1v) is 7.78. The number of urea groups is 1. The van der Waals surface area contributed by atoms with Crippen LogP contribution in [0.15, 0.2) is 35.3 Å². The molecule has 0 spiro atoms. The van der Waals surface area contributed by atoms with Crippen LogP contribution in [0.3, 0.4) is 0 Å². The molecule has 2 aromatic rings. The molecule has 7 nitrogen and oxygen atoms in total. The van der Waals surface area contributed by atoms with Gasteiger partial charge >= 0.3 is 6.03 Å². The minimum absolute atomic E-state index is 0.0269. The van der Waals surface area contributed by atoms with Gasteiger partial charge in [0.05, 0.1) is 0 Å². The van der Waals surface area contributed by atoms with Crippen LogP contribution in [0.4, 0.5) is 10.5 Å². The molecule has 0 radical (unpaired) electrons. The minimum atomic E-state index is -0.338. The van der Waals surface area contributed by atoms with Crippen molar-refractivity contribution in [2.45, 2.75) is 13.0 Å². The van der Waals surface area contributed by atoms with Gasteiger partial charge in [0.25, 0.3) is 5.56 Å². The molecule has 1 aromatic carbocycles. The molecule has 1 aliphatic rings. The van der Waals surface area contributed by atoms with E-state index in [9.17, 15) is 14.4 Å². The molecule has 1 N–H and O–H groups in total. The average Bonchev–Trinajstić information content (AvgIpc) is 2.56. The number of amides is 3. The van der Waals surface area contributed by atoms with E-state index in [-0.39, 0.29) is 30.1 Å². The maximum absolute atomic E-state index is 12.4. The third-order valence-electron chi connectivity index (χ3n) is 4.49. The predicted octanol–water partition coefficient (Wildman–Crippen LogP) is 1.23. The van der Waals surface area contributed by atoms with Crippen LogP contribution in [0.1, 0.15) is 6.92 Å². The van der Waals surface area contributed by atoms with Gasteiger partial charge in [-0.05, 0) is 30.5 Å². The molecule has 1 saturated heterocycles. The molecule has 126 valence electrons. The summed E-state index contributed by atoms with van der Waals surface area (Å²) in [5.41, 5.74) is 0.418. The number of rotatable bonds is 1. The molecule has 0 bridgehead atoms. The van der Waals surface area contributed by atoms with Crippen molar-refractivity contribution in [2.75, 3.05) is 25.5 Å². The lowest BCUT2D eigenvalue weighted by Crippen LogP contribution is -2.56. The summed E-state index contributed by atoms with van der Waals surface area (Å²) in [5, 5.41) is 4.14. The number of anilines is 1. The lowest BCUT2D eigenvalue weighted by atomic mass is 10.1. The van der Waals surface area contributed by atoms with E-state index in [0.717, 1.165) is 5.39 Å². The topological polar surface area (TPSA) is 74.6 Å². The second-order valence-electron chi connectivity index (χ2n) is 6.20. The highest BCUT2D eigenvalue weighted by molar-refractivity contribution is 5.95. The van der Waals surface area contributed by atoms with E-state index in [1.807, 2.05) is 13.0 Å². The number of hydrogen-bond acceptors (Lipinski definition) is 3. The molecular formula is C17H20N4O3. The van der Waals surface area contributed by atoms with Crippen molar-refractivity contribution >= 4 is 28.4 Å². The number of carbonyl (C=O) groups excluding carboxylic acids is 2. The van der Waals surface area contributed by atoms with Gasteiger partial charge in [-0.3, -0.25) is 9.59 Å². The van der Waals surface area contributed by atoms with Crippen LogP contribution in [0.25, 0.3) is 10.8 Å². The highest BCUT2D eigenvalue weighted by Gasteiger charge is 2.29. The largest absolute Gasteiger partial charge is 0.340 e. The van der Waals surface area contributed by atoms with Crippen molar-refractivity contribution in [3.05, 3.63) is 40.8 Å². The van der Waals surface area contributed by atoms with Gasteiger partial charge in [-0.1, -0.05) is 6.07 Å². The Hall–Kier alpha value is -2.83. The van der Waals surface area contributed by atoms with E-state index in [0.29, 0.717) is 17.6 Å². The lowest BCUT2D eigenvalue weighted by molar-refractivity contribution is -0.135. The number of nitrogens with one attached hydrogen (secondary N) is 1. The zero-order valence-corrected chi connectivity index (χ0v) is 13.9. The van der Waals surface area contributed by atoms with E-state index in [2.05, 4.69) is 5.32 Å². The van der Waals surface area contributed by atoms with Crippen LogP contribution < -0.4 is 10.9 Å². The summed E-state index contributed by atoms with van der Waals surface area (Å²) in [7, 11) is 3.42. The number of carbonyl (C=O) groups is 2. The molecule has 24 heavy (non-hydrogen) atoms. The van der Waals surface area contributed by atoms with E-state index in [1.54, 1.807) is 43.4 Å². The van der Waals surface area contributed by atoms with Crippen molar-refractivity contribution in [2.24, 2.45) is 7.05 Å². The number of hydrogen-bond donors (Lipinski definition) is 1. The fourth-order valence-corrected chi connectivity index (χ4v) is 2.80. The van der Waals surface area contributed by atoms with Gasteiger partial charge in [0.1, 0.15) is 6.54 Å². The van der Waals surface area contributed by atoms with Gasteiger partial charge < -0.3 is 19.7 Å². The standard InChI is InChI=1S/C17H20N4O3/c1-11-9-21(10-15(22)20(11)3)17(24)18-13-5-4-12-6-7-19(2)16(23)14(12)8-13/h4-8,11H,9-10H2,1-3H3,(H,18,24). The third kappa shape index (κ3) is 2.84. The number of benzene rings is 1. The van der Waals surface area contributed by atoms with Crippen LogP contribution in [0.5, 0.6) is 0 Å². The maximum Gasteiger partial charge on any atom is 0.322 e. The lowest BCUT2D eigenvalue weighted by Gasteiger charge is -2.37. The first-order valence-electron chi connectivity index (χ1n) is 7.78. The Balaban J connectivity index is 1.82. The quantitative estimate of drug-likeness (QED) is 0.856. The number of likely N-dealkylation sites (N-methyl/N-ethyl adjacent to an activating group) is 1. The Morgan fingerprint density at radius 1 is 1.21 bits per heavy atom. The molecular weight excluding hydrogens is 308 g/mol. The fourth-order valence-electron chi connectivity index (χ4n) is 2.80. The normalized spacial score (nSPS) is 18.1. The molecule has 7 heteroatoms. The van der Waals surface area contributed by atoms with E-state index in [1.165, 1.54) is 9.47 Å². The number of pyridine rings is 1. The van der Waals surface area contributed by atoms with Crippen molar-refractivity contribution in [3.63, 3.8) is 0 Å². The summed E-state index contributed by atoms with van der Waals surface area (Å²) in [6.45, 7) is 2.43. The van der Waals surface area contributed by atoms with Gasteiger partial charge in [-0.15, -0.1) is 0 Å². The summed E-state index contributed by atoms with van der Waals surface area (Å²) >= 11 is 0. The Morgan fingerprint density at radius 3 is 2.67 bits per heavy atom. The molecule has 0 saturated carbocycles. The van der Waals surface area contributed by atoms with Gasteiger partial charge in [-0.25, -0.2) is 4.79 Å². The monoisotopic (exact) mass is 328 g/mol. The molecule has 1 aromatic heterocycles. The maximum atomic E-state index is 12.4. The SMILES string of the molecule is CC1CN(C(=O)Nc2ccc3ccn(C)c(=O)c3c2)CC(=O)N1C. The van der Waals surface area contributed by atoms with E-state index >= 15 is 0 Å². The van der Waals surface area contributed by atoms with Crippen molar-refractivity contribution in [3.8, 4) is 0 Å². The van der Waals surface area contributed by atoms with Crippen LogP contribution in [-0.2, 0) is 11.8 Å². The van der Waals surface area contributed by atoms with E-state index < -0.39 is 0 Å². The number of piperazine rings is 1. The molecule has 1 atom stereocenters. The third-order valence-corrected chi connectivity index (χ3v) is 4.49. The molecule has 2 heterocycles. The Bertz CT molecular complexity index is 874. The number of nitrogens with zero attached hydrogens (tertiary/aromatic N) is 3. The molecule has 0 aliphatic carbocycles. The Kier molecular flexibility index (Phi) is 4.01. The van der Waals surface area contributed by atoms with Crippen molar-refractivity contribution < 1.29 is 9.59 Å². The predicted molar refractivity (Wildman–Crippen MR) is 92.0 cm³/mol. The molecule has 1 unspecified atom stereocenters. The van der Waals surface area contributed by atoms with Crippen LogP contribution in [0, 0.1) is 0 Å². The Morgan fingerprint density at radius 2 is 1.96 bits per heavy atom.